The highest BCUT2D eigenvalue weighted by Gasteiger charge is 2.67. The Bertz CT molecular complexity index is 550. The molecule has 2 rings (SSSR count). The molecule has 0 aliphatic heterocycles. The van der Waals surface area contributed by atoms with Gasteiger partial charge in [0.25, 0.3) is 0 Å². The molecule has 2 nitrogen and oxygen atoms in total. The topological polar surface area (TPSA) is 29.1 Å². The van der Waals surface area contributed by atoms with E-state index < -0.39 is 21.2 Å². The molecule has 1 aromatic rings. The minimum Gasteiger partial charge on any atom is -0.324 e. The fraction of sp³-hybridized carbons (Fsp3) is 0.417. The molecule has 0 saturated heterocycles. The maximum Gasteiger partial charge on any atom is 0.446 e. The lowest BCUT2D eigenvalue weighted by atomic mass is 10.1. The van der Waals surface area contributed by atoms with E-state index in [1.807, 2.05) is 0 Å². The predicted molar refractivity (Wildman–Crippen MR) is 74.1 cm³/mol. The van der Waals surface area contributed by atoms with Gasteiger partial charge < -0.3 is 5.32 Å². The molecule has 1 unspecified atom stereocenters. The third-order valence-electron chi connectivity index (χ3n) is 3.12. The van der Waals surface area contributed by atoms with Gasteiger partial charge in [-0.25, -0.2) is 0 Å². The van der Waals surface area contributed by atoms with E-state index >= 15 is 0 Å². The van der Waals surface area contributed by atoms with Crippen LogP contribution in [0.4, 0.5) is 18.9 Å². The van der Waals surface area contributed by atoms with Gasteiger partial charge in [-0.05, 0) is 37.2 Å². The Labute approximate surface area is 128 Å². The van der Waals surface area contributed by atoms with Gasteiger partial charge in [-0.1, -0.05) is 12.1 Å². The quantitative estimate of drug-likeness (QED) is 0.629. The van der Waals surface area contributed by atoms with Crippen LogP contribution in [0.25, 0.3) is 0 Å². The summed E-state index contributed by atoms with van der Waals surface area (Å²) in [7, 11) is 0. The number of nitrogens with one attached hydrogen (secondary N) is 1. The first-order valence-electron chi connectivity index (χ1n) is 5.59. The summed E-state index contributed by atoms with van der Waals surface area (Å²) in [4.78, 5) is 12.0. The molecular formula is C12H10Cl2F3NOS. The van der Waals surface area contributed by atoms with E-state index in [-0.39, 0.29) is 28.8 Å². The molecule has 0 aromatic heterocycles. The van der Waals surface area contributed by atoms with Gasteiger partial charge in [0.05, 0.1) is 11.1 Å². The van der Waals surface area contributed by atoms with Crippen LogP contribution in [0.5, 0.6) is 0 Å². The van der Waals surface area contributed by atoms with E-state index in [2.05, 4.69) is 5.32 Å². The fourth-order valence-electron chi connectivity index (χ4n) is 1.69. The molecule has 20 heavy (non-hydrogen) atoms. The summed E-state index contributed by atoms with van der Waals surface area (Å²) in [5, 5.41) is 2.46. The summed E-state index contributed by atoms with van der Waals surface area (Å²) < 4.78 is 36.1. The SMILES string of the molecule is CC1(C(=O)Nc2ccccc2SC(F)(F)F)CC1(Cl)Cl. The minimum atomic E-state index is -4.42. The summed E-state index contributed by atoms with van der Waals surface area (Å²) in [5.41, 5.74) is -5.31. The zero-order valence-corrected chi connectivity index (χ0v) is 12.6. The Morgan fingerprint density at radius 1 is 1.35 bits per heavy atom. The Morgan fingerprint density at radius 3 is 2.40 bits per heavy atom. The van der Waals surface area contributed by atoms with Gasteiger partial charge in [0, 0.05) is 4.90 Å². The highest BCUT2D eigenvalue weighted by atomic mass is 35.5. The number of halogens is 5. The molecule has 1 aromatic carbocycles. The Hall–Kier alpha value is -0.590. The molecule has 0 spiro atoms. The fourth-order valence-corrected chi connectivity index (χ4v) is 3.02. The molecule has 1 amide bonds. The van der Waals surface area contributed by atoms with Crippen LogP contribution in [0.1, 0.15) is 13.3 Å². The number of carbonyl (C=O) groups excluding carboxylic acids is 1. The molecule has 1 aliphatic rings. The number of rotatable bonds is 3. The van der Waals surface area contributed by atoms with Gasteiger partial charge in [0.15, 0.2) is 0 Å². The van der Waals surface area contributed by atoms with Crippen molar-refractivity contribution in [2.45, 2.75) is 28.1 Å². The van der Waals surface area contributed by atoms with E-state index in [0.717, 1.165) is 0 Å². The minimum absolute atomic E-state index is 0.0765. The summed E-state index contributed by atoms with van der Waals surface area (Å²) in [5.74, 6) is -0.488. The maximum atomic E-state index is 12.4. The van der Waals surface area contributed by atoms with E-state index in [4.69, 9.17) is 23.2 Å². The largest absolute Gasteiger partial charge is 0.446 e. The predicted octanol–water partition coefficient (Wildman–Crippen LogP) is 4.82. The molecule has 1 atom stereocenters. The monoisotopic (exact) mass is 343 g/mol. The molecule has 0 bridgehead atoms. The van der Waals surface area contributed by atoms with Crippen LogP contribution in [0, 0.1) is 5.41 Å². The van der Waals surface area contributed by atoms with Gasteiger partial charge in [0.2, 0.25) is 5.91 Å². The summed E-state index contributed by atoms with van der Waals surface area (Å²) in [6, 6.07) is 5.70. The Balaban J connectivity index is 2.17. The first-order valence-corrected chi connectivity index (χ1v) is 7.16. The highest BCUT2D eigenvalue weighted by molar-refractivity contribution is 8.00. The lowest BCUT2D eigenvalue weighted by Crippen LogP contribution is -2.26. The smallest absolute Gasteiger partial charge is 0.324 e. The van der Waals surface area contributed by atoms with Gasteiger partial charge in [-0.15, -0.1) is 23.2 Å². The van der Waals surface area contributed by atoms with E-state index in [1.165, 1.54) is 18.2 Å². The molecule has 1 saturated carbocycles. The van der Waals surface area contributed by atoms with E-state index in [1.54, 1.807) is 13.0 Å². The number of alkyl halides is 5. The summed E-state index contributed by atoms with van der Waals surface area (Å²) >= 11 is 11.5. The third kappa shape index (κ3) is 3.18. The molecule has 1 fully saturated rings. The van der Waals surface area contributed by atoms with Crippen LogP contribution in [0.3, 0.4) is 0 Å². The lowest BCUT2D eigenvalue weighted by molar-refractivity contribution is -0.120. The normalized spacial score (nSPS) is 24.3. The Kier molecular flexibility index (Phi) is 3.95. The van der Waals surface area contributed by atoms with Crippen molar-refractivity contribution < 1.29 is 18.0 Å². The van der Waals surface area contributed by atoms with Crippen LogP contribution < -0.4 is 5.32 Å². The number of anilines is 1. The summed E-state index contributed by atoms with van der Waals surface area (Å²) in [6.45, 7) is 1.57. The molecule has 0 radical (unpaired) electrons. The second-order valence-electron chi connectivity index (χ2n) is 4.71. The number of hydrogen-bond donors (Lipinski definition) is 1. The molecule has 1 aliphatic carbocycles. The zero-order chi connectivity index (χ0) is 15.2. The van der Waals surface area contributed by atoms with Gasteiger partial charge >= 0.3 is 5.51 Å². The van der Waals surface area contributed by atoms with Crippen molar-refractivity contribution in [3.05, 3.63) is 24.3 Å². The van der Waals surface area contributed by atoms with Crippen LogP contribution >= 0.6 is 35.0 Å². The number of benzene rings is 1. The Morgan fingerprint density at radius 2 is 1.90 bits per heavy atom. The molecule has 8 heteroatoms. The first kappa shape index (κ1) is 15.8. The van der Waals surface area contributed by atoms with Gasteiger partial charge in [-0.2, -0.15) is 13.2 Å². The standard InChI is InChI=1S/C12H10Cl2F3NOS/c1-10(6-11(10,13)14)9(19)18-7-4-2-3-5-8(7)20-12(15,16)17/h2-5H,6H2,1H3,(H,18,19). The average molecular weight is 344 g/mol. The molecule has 1 N–H and O–H groups in total. The van der Waals surface area contributed by atoms with E-state index in [0.29, 0.717) is 0 Å². The van der Waals surface area contributed by atoms with Crippen molar-refractivity contribution in [2.75, 3.05) is 5.32 Å². The number of para-hydroxylation sites is 1. The molecule has 110 valence electrons. The molecule has 0 heterocycles. The van der Waals surface area contributed by atoms with Crippen LogP contribution in [0.2, 0.25) is 0 Å². The maximum absolute atomic E-state index is 12.4. The van der Waals surface area contributed by atoms with Crippen molar-refractivity contribution in [1.29, 1.82) is 0 Å². The van der Waals surface area contributed by atoms with Crippen LogP contribution in [0.15, 0.2) is 29.2 Å². The second kappa shape index (κ2) is 5.00. The zero-order valence-electron chi connectivity index (χ0n) is 10.2. The van der Waals surface area contributed by atoms with Crippen molar-refractivity contribution in [3.63, 3.8) is 0 Å². The molecular weight excluding hydrogens is 334 g/mol. The van der Waals surface area contributed by atoms with Gasteiger partial charge in [0.1, 0.15) is 4.33 Å². The average Bonchev–Trinajstić information content (AvgIpc) is 2.80. The third-order valence-corrected chi connectivity index (χ3v) is 5.03. The van der Waals surface area contributed by atoms with Crippen LogP contribution in [-0.4, -0.2) is 15.7 Å². The second-order valence-corrected chi connectivity index (χ2v) is 7.30. The lowest BCUT2D eigenvalue weighted by Gasteiger charge is -2.15. The van der Waals surface area contributed by atoms with Crippen LogP contribution in [-0.2, 0) is 4.79 Å². The van der Waals surface area contributed by atoms with Crippen molar-refractivity contribution in [3.8, 4) is 0 Å². The number of thioether (sulfide) groups is 1. The van der Waals surface area contributed by atoms with Gasteiger partial charge in [-0.3, -0.25) is 4.79 Å². The first-order chi connectivity index (χ1) is 9.05. The number of amides is 1. The van der Waals surface area contributed by atoms with Crippen molar-refractivity contribution in [2.24, 2.45) is 5.41 Å². The number of hydrogen-bond acceptors (Lipinski definition) is 2. The number of carbonyl (C=O) groups is 1. The van der Waals surface area contributed by atoms with Crippen molar-refractivity contribution >= 4 is 46.6 Å². The highest BCUT2D eigenvalue weighted by Crippen LogP contribution is 2.64. The van der Waals surface area contributed by atoms with Crippen molar-refractivity contribution in [1.82, 2.24) is 0 Å². The van der Waals surface area contributed by atoms with E-state index in [9.17, 15) is 18.0 Å². The summed E-state index contributed by atoms with van der Waals surface area (Å²) in [6.07, 6.45) is 0.267.